The molecule has 98 valence electrons. The van der Waals surface area contributed by atoms with Gasteiger partial charge in [0.25, 0.3) is 0 Å². The molecule has 1 saturated heterocycles. The second-order valence-corrected chi connectivity index (χ2v) is 5.49. The van der Waals surface area contributed by atoms with Crippen molar-refractivity contribution in [2.45, 2.75) is 44.8 Å². The van der Waals surface area contributed by atoms with Crippen LogP contribution >= 0.6 is 0 Å². The average molecular weight is 246 g/mol. The number of nitrogens with zero attached hydrogens (tertiary/aromatic N) is 1. The van der Waals surface area contributed by atoms with E-state index in [1.807, 2.05) is 0 Å². The molecular weight excluding hydrogens is 224 g/mol. The second kappa shape index (κ2) is 4.81. The van der Waals surface area contributed by atoms with Gasteiger partial charge in [0.1, 0.15) is 11.9 Å². The highest BCUT2D eigenvalue weighted by Gasteiger charge is 2.26. The van der Waals surface area contributed by atoms with Crippen molar-refractivity contribution < 1.29 is 4.74 Å². The van der Waals surface area contributed by atoms with Crippen LogP contribution < -0.4 is 15.4 Å². The topological polar surface area (TPSA) is 38.5 Å². The van der Waals surface area contributed by atoms with E-state index in [2.05, 4.69) is 30.0 Å². The van der Waals surface area contributed by atoms with Gasteiger partial charge in [0.15, 0.2) is 0 Å². The number of anilines is 1. The van der Waals surface area contributed by atoms with E-state index < -0.39 is 0 Å². The minimum Gasteiger partial charge on any atom is -0.490 e. The van der Waals surface area contributed by atoms with Crippen LogP contribution in [0.4, 0.5) is 5.69 Å². The molecule has 2 atom stereocenters. The van der Waals surface area contributed by atoms with Gasteiger partial charge in [0.2, 0.25) is 0 Å². The third-order valence-electron chi connectivity index (χ3n) is 4.09. The summed E-state index contributed by atoms with van der Waals surface area (Å²) < 4.78 is 5.76. The molecule has 1 aromatic carbocycles. The van der Waals surface area contributed by atoms with E-state index in [4.69, 9.17) is 10.5 Å². The van der Waals surface area contributed by atoms with Crippen molar-refractivity contribution in [1.29, 1.82) is 0 Å². The molecule has 0 saturated carbocycles. The fourth-order valence-corrected chi connectivity index (χ4v) is 3.26. The monoisotopic (exact) mass is 246 g/mol. The van der Waals surface area contributed by atoms with Crippen molar-refractivity contribution in [3.63, 3.8) is 0 Å². The first-order valence-electron chi connectivity index (χ1n) is 7.04. The molecular formula is C15H22N2O. The maximum absolute atomic E-state index is 5.76. The van der Waals surface area contributed by atoms with Crippen LogP contribution in [0.2, 0.25) is 0 Å². The minimum absolute atomic E-state index is 0.327. The van der Waals surface area contributed by atoms with Crippen LogP contribution in [0.5, 0.6) is 5.75 Å². The molecule has 0 aliphatic carbocycles. The Morgan fingerprint density at radius 3 is 3.17 bits per heavy atom. The zero-order valence-corrected chi connectivity index (χ0v) is 11.1. The van der Waals surface area contributed by atoms with Crippen LogP contribution in [0.1, 0.15) is 31.7 Å². The van der Waals surface area contributed by atoms with E-state index >= 15 is 0 Å². The Labute approximate surface area is 109 Å². The van der Waals surface area contributed by atoms with Crippen LogP contribution in [0.15, 0.2) is 18.2 Å². The molecule has 0 bridgehead atoms. The Morgan fingerprint density at radius 2 is 2.33 bits per heavy atom. The Bertz CT molecular complexity index is 433. The van der Waals surface area contributed by atoms with Crippen molar-refractivity contribution in [3.05, 3.63) is 23.8 Å². The molecule has 0 aromatic heterocycles. The zero-order chi connectivity index (χ0) is 12.5. The summed E-state index contributed by atoms with van der Waals surface area (Å²) >= 11 is 0. The first kappa shape index (κ1) is 11.8. The van der Waals surface area contributed by atoms with Crippen molar-refractivity contribution in [1.82, 2.24) is 0 Å². The fourth-order valence-electron chi connectivity index (χ4n) is 3.26. The molecule has 2 heterocycles. The smallest absolute Gasteiger partial charge is 0.123 e. The Hall–Kier alpha value is -1.22. The fraction of sp³-hybridized carbons (Fsp3) is 0.600. The van der Waals surface area contributed by atoms with Crippen LogP contribution in [-0.4, -0.2) is 25.2 Å². The summed E-state index contributed by atoms with van der Waals surface area (Å²) in [7, 11) is 0. The molecule has 1 aromatic rings. The first-order chi connectivity index (χ1) is 8.78. The lowest BCUT2D eigenvalue weighted by molar-refractivity contribution is 0.254. The Kier molecular flexibility index (Phi) is 3.16. The summed E-state index contributed by atoms with van der Waals surface area (Å²) in [6, 6.07) is 7.28. The zero-order valence-electron chi connectivity index (χ0n) is 11.1. The quantitative estimate of drug-likeness (QED) is 0.889. The number of rotatable bonds is 3. The molecule has 2 N–H and O–H groups in total. The lowest BCUT2D eigenvalue weighted by atomic mass is 10.1. The summed E-state index contributed by atoms with van der Waals surface area (Å²) in [6.07, 6.45) is 5.03. The molecule has 2 aliphatic heterocycles. The lowest BCUT2D eigenvalue weighted by Crippen LogP contribution is -2.31. The van der Waals surface area contributed by atoms with Crippen molar-refractivity contribution in [2.75, 3.05) is 18.0 Å². The van der Waals surface area contributed by atoms with E-state index in [1.165, 1.54) is 30.6 Å². The van der Waals surface area contributed by atoms with Crippen molar-refractivity contribution in [3.8, 4) is 5.75 Å². The van der Waals surface area contributed by atoms with Gasteiger partial charge >= 0.3 is 0 Å². The number of hydrogen-bond acceptors (Lipinski definition) is 3. The van der Waals surface area contributed by atoms with Gasteiger partial charge < -0.3 is 15.4 Å². The summed E-state index contributed by atoms with van der Waals surface area (Å²) in [5, 5.41) is 0. The molecule has 2 unspecified atom stereocenters. The van der Waals surface area contributed by atoms with Gasteiger partial charge in [-0.05, 0) is 56.5 Å². The number of benzene rings is 1. The molecule has 3 nitrogen and oxygen atoms in total. The Balaban J connectivity index is 1.82. The summed E-state index contributed by atoms with van der Waals surface area (Å²) in [5.41, 5.74) is 8.42. The number of nitrogens with two attached hydrogens (primary N) is 1. The maximum Gasteiger partial charge on any atom is 0.123 e. The van der Waals surface area contributed by atoms with Crippen LogP contribution in [0, 0.1) is 0 Å². The highest BCUT2D eigenvalue weighted by Crippen LogP contribution is 2.35. The van der Waals surface area contributed by atoms with E-state index in [0.717, 1.165) is 25.1 Å². The van der Waals surface area contributed by atoms with Crippen LogP contribution in [0.25, 0.3) is 0 Å². The standard InChI is InChI=1S/C15H22N2O/c1-11-9-12-10-14(4-5-15(12)18-11)17-8-2-3-13(17)6-7-16/h4-5,10-11,13H,2-3,6-9,16H2,1H3. The van der Waals surface area contributed by atoms with Gasteiger partial charge in [-0.25, -0.2) is 0 Å². The second-order valence-electron chi connectivity index (χ2n) is 5.49. The van der Waals surface area contributed by atoms with Crippen LogP contribution in [-0.2, 0) is 6.42 Å². The van der Waals surface area contributed by atoms with E-state index in [9.17, 15) is 0 Å². The maximum atomic E-state index is 5.76. The predicted octanol–water partition coefficient (Wildman–Crippen LogP) is 2.33. The van der Waals surface area contributed by atoms with Crippen molar-refractivity contribution in [2.24, 2.45) is 5.73 Å². The molecule has 18 heavy (non-hydrogen) atoms. The van der Waals surface area contributed by atoms with Gasteiger partial charge in [-0.1, -0.05) is 0 Å². The SMILES string of the molecule is CC1Cc2cc(N3CCCC3CCN)ccc2O1. The van der Waals surface area contributed by atoms with Gasteiger partial charge in [0.05, 0.1) is 0 Å². The molecule has 3 heteroatoms. The molecule has 1 fully saturated rings. The molecule has 0 radical (unpaired) electrons. The number of hydrogen-bond donors (Lipinski definition) is 1. The first-order valence-corrected chi connectivity index (χ1v) is 7.04. The molecule has 0 spiro atoms. The van der Waals surface area contributed by atoms with Gasteiger partial charge in [-0.15, -0.1) is 0 Å². The van der Waals surface area contributed by atoms with Gasteiger partial charge in [-0.3, -0.25) is 0 Å². The van der Waals surface area contributed by atoms with E-state index in [-0.39, 0.29) is 0 Å². The van der Waals surface area contributed by atoms with E-state index in [1.54, 1.807) is 0 Å². The number of fused-ring (bicyclic) bond motifs is 1. The predicted molar refractivity (Wildman–Crippen MR) is 74.3 cm³/mol. The lowest BCUT2D eigenvalue weighted by Gasteiger charge is -2.27. The van der Waals surface area contributed by atoms with Gasteiger partial charge in [0, 0.05) is 24.7 Å². The highest BCUT2D eigenvalue weighted by molar-refractivity contribution is 5.55. The molecule has 2 aliphatic rings. The average Bonchev–Trinajstić information content (AvgIpc) is 2.93. The number of ether oxygens (including phenoxy) is 1. The van der Waals surface area contributed by atoms with Gasteiger partial charge in [-0.2, -0.15) is 0 Å². The summed E-state index contributed by atoms with van der Waals surface area (Å²) in [5.74, 6) is 1.07. The summed E-state index contributed by atoms with van der Waals surface area (Å²) in [4.78, 5) is 2.52. The largest absolute Gasteiger partial charge is 0.490 e. The van der Waals surface area contributed by atoms with Crippen LogP contribution in [0.3, 0.4) is 0 Å². The minimum atomic E-state index is 0.327. The third kappa shape index (κ3) is 2.07. The van der Waals surface area contributed by atoms with Crippen molar-refractivity contribution >= 4 is 5.69 Å². The molecule has 0 amide bonds. The third-order valence-corrected chi connectivity index (χ3v) is 4.09. The normalized spacial score (nSPS) is 26.2. The van der Waals surface area contributed by atoms with E-state index in [0.29, 0.717) is 12.1 Å². The summed E-state index contributed by atoms with van der Waals surface area (Å²) in [6.45, 7) is 4.08. The Morgan fingerprint density at radius 1 is 1.44 bits per heavy atom. The molecule has 3 rings (SSSR count). The highest BCUT2D eigenvalue weighted by atomic mass is 16.5.